The Bertz CT molecular complexity index is 1000. The van der Waals surface area contributed by atoms with Gasteiger partial charge in [0.2, 0.25) is 0 Å². The smallest absolute Gasteiger partial charge is 0.338 e. The molecule has 1 amide bonds. The molecule has 1 heterocycles. The normalized spacial score (nSPS) is 10.5. The lowest BCUT2D eigenvalue weighted by atomic mass is 10.1. The van der Waals surface area contributed by atoms with E-state index in [0.717, 1.165) is 28.9 Å². The highest BCUT2D eigenvalue weighted by atomic mass is 16.5. The summed E-state index contributed by atoms with van der Waals surface area (Å²) in [5, 5.41) is 6.66. The number of rotatable bonds is 8. The van der Waals surface area contributed by atoms with Crippen LogP contribution in [0.15, 0.2) is 53.1 Å². The van der Waals surface area contributed by atoms with Crippen molar-refractivity contribution >= 4 is 17.6 Å². The first kappa shape index (κ1) is 21.1. The molecule has 0 atom stereocenters. The second-order valence-corrected chi connectivity index (χ2v) is 6.75. The van der Waals surface area contributed by atoms with Crippen LogP contribution < -0.4 is 10.1 Å². The molecule has 7 nitrogen and oxygen atoms in total. The van der Waals surface area contributed by atoms with Crippen LogP contribution in [-0.4, -0.2) is 23.6 Å². The Hall–Kier alpha value is -3.61. The van der Waals surface area contributed by atoms with E-state index in [4.69, 9.17) is 14.0 Å². The van der Waals surface area contributed by atoms with Crippen LogP contribution in [0.2, 0.25) is 0 Å². The molecule has 0 saturated carbocycles. The number of benzene rings is 2. The Balaban J connectivity index is 1.50. The highest BCUT2D eigenvalue weighted by Gasteiger charge is 2.13. The first-order valence-electron chi connectivity index (χ1n) is 9.67. The lowest BCUT2D eigenvalue weighted by Crippen LogP contribution is -2.21. The predicted octanol–water partition coefficient (Wildman–Crippen LogP) is 4.23. The van der Waals surface area contributed by atoms with Crippen LogP contribution in [0.3, 0.4) is 0 Å². The Labute approximate surface area is 175 Å². The molecule has 1 aromatic heterocycles. The average molecular weight is 408 g/mol. The summed E-state index contributed by atoms with van der Waals surface area (Å²) in [5.41, 5.74) is 3.76. The largest absolute Gasteiger partial charge is 0.489 e. The zero-order valence-electron chi connectivity index (χ0n) is 17.2. The summed E-state index contributed by atoms with van der Waals surface area (Å²) >= 11 is 0. The van der Waals surface area contributed by atoms with Crippen LogP contribution in [-0.2, 0) is 22.6 Å². The minimum Gasteiger partial charge on any atom is -0.489 e. The third-order valence-electron chi connectivity index (χ3n) is 4.66. The van der Waals surface area contributed by atoms with E-state index in [2.05, 4.69) is 10.5 Å². The molecule has 2 aromatic carbocycles. The number of aryl methyl sites for hydroxylation is 3. The highest BCUT2D eigenvalue weighted by Crippen LogP contribution is 2.18. The Morgan fingerprint density at radius 3 is 2.47 bits per heavy atom. The van der Waals surface area contributed by atoms with Crippen LogP contribution >= 0.6 is 0 Å². The van der Waals surface area contributed by atoms with Crippen molar-refractivity contribution in [3.63, 3.8) is 0 Å². The number of esters is 1. The van der Waals surface area contributed by atoms with E-state index in [1.807, 2.05) is 45.0 Å². The number of ether oxygens (including phenoxy) is 2. The van der Waals surface area contributed by atoms with Gasteiger partial charge in [0.25, 0.3) is 5.91 Å². The Morgan fingerprint density at radius 1 is 1.07 bits per heavy atom. The Morgan fingerprint density at radius 2 is 1.80 bits per heavy atom. The zero-order chi connectivity index (χ0) is 21.5. The van der Waals surface area contributed by atoms with E-state index < -0.39 is 5.97 Å². The van der Waals surface area contributed by atoms with Crippen molar-refractivity contribution in [3.8, 4) is 5.75 Å². The van der Waals surface area contributed by atoms with Crippen molar-refractivity contribution < 1.29 is 23.6 Å². The molecule has 1 N–H and O–H groups in total. The molecule has 7 heteroatoms. The van der Waals surface area contributed by atoms with Crippen LogP contribution in [0.25, 0.3) is 0 Å². The van der Waals surface area contributed by atoms with Gasteiger partial charge in [-0.15, -0.1) is 0 Å². The van der Waals surface area contributed by atoms with Gasteiger partial charge in [0.15, 0.2) is 6.61 Å². The maximum Gasteiger partial charge on any atom is 0.338 e. The zero-order valence-corrected chi connectivity index (χ0v) is 17.2. The molecule has 0 saturated heterocycles. The third-order valence-corrected chi connectivity index (χ3v) is 4.66. The molecule has 0 bridgehead atoms. The van der Waals surface area contributed by atoms with E-state index in [9.17, 15) is 9.59 Å². The summed E-state index contributed by atoms with van der Waals surface area (Å²) in [6, 6.07) is 14.0. The molecule has 0 fully saturated rings. The third kappa shape index (κ3) is 5.26. The summed E-state index contributed by atoms with van der Waals surface area (Å²) in [5.74, 6) is 0.350. The van der Waals surface area contributed by atoms with E-state index >= 15 is 0 Å². The maximum atomic E-state index is 12.2. The molecular weight excluding hydrogens is 384 g/mol. The standard InChI is InChI=1S/C23H24N2O5/c1-4-17-7-5-6-8-21(17)24-22(26)14-29-23(27)18-9-11-19(12-10-18)28-13-20-15(2)25-30-16(20)3/h5-12H,4,13-14H2,1-3H3,(H,24,26). The summed E-state index contributed by atoms with van der Waals surface area (Å²) in [6.45, 7) is 5.65. The van der Waals surface area contributed by atoms with Crippen LogP contribution in [0.1, 0.15) is 39.9 Å². The lowest BCUT2D eigenvalue weighted by molar-refractivity contribution is -0.119. The number of nitrogens with one attached hydrogen (secondary N) is 1. The van der Waals surface area contributed by atoms with Crippen molar-refractivity contribution in [2.75, 3.05) is 11.9 Å². The fraction of sp³-hybridized carbons (Fsp3) is 0.261. The first-order chi connectivity index (χ1) is 14.5. The number of carbonyl (C=O) groups excluding carboxylic acids is 2. The van der Waals surface area contributed by atoms with Gasteiger partial charge in [0, 0.05) is 5.69 Å². The first-order valence-corrected chi connectivity index (χ1v) is 9.67. The van der Waals surface area contributed by atoms with Gasteiger partial charge in [-0.25, -0.2) is 4.79 Å². The summed E-state index contributed by atoms with van der Waals surface area (Å²) in [7, 11) is 0. The molecule has 30 heavy (non-hydrogen) atoms. The minimum atomic E-state index is -0.578. The second kappa shape index (κ2) is 9.73. The molecule has 156 valence electrons. The number of para-hydroxylation sites is 1. The molecule has 0 aliphatic heterocycles. The van der Waals surface area contributed by atoms with Gasteiger partial charge in [-0.05, 0) is 56.2 Å². The van der Waals surface area contributed by atoms with Crippen LogP contribution in [0, 0.1) is 13.8 Å². The van der Waals surface area contributed by atoms with Gasteiger partial charge in [-0.1, -0.05) is 30.3 Å². The van der Waals surface area contributed by atoms with Gasteiger partial charge in [0.1, 0.15) is 18.1 Å². The highest BCUT2D eigenvalue weighted by molar-refractivity contribution is 5.95. The quantitative estimate of drug-likeness (QED) is 0.561. The topological polar surface area (TPSA) is 90.7 Å². The molecule has 3 rings (SSSR count). The molecule has 0 radical (unpaired) electrons. The van der Waals surface area contributed by atoms with E-state index in [1.165, 1.54) is 0 Å². The molecule has 0 spiro atoms. The van der Waals surface area contributed by atoms with E-state index in [-0.39, 0.29) is 12.5 Å². The van der Waals surface area contributed by atoms with Crippen LogP contribution in [0.4, 0.5) is 5.69 Å². The average Bonchev–Trinajstić information content (AvgIpc) is 3.08. The monoisotopic (exact) mass is 408 g/mol. The second-order valence-electron chi connectivity index (χ2n) is 6.75. The number of carbonyl (C=O) groups is 2. The maximum absolute atomic E-state index is 12.2. The lowest BCUT2D eigenvalue weighted by Gasteiger charge is -2.10. The minimum absolute atomic E-state index is 0.324. The number of hydrogen-bond donors (Lipinski definition) is 1. The van der Waals surface area contributed by atoms with Crippen molar-refractivity contribution in [1.29, 1.82) is 0 Å². The number of nitrogens with zero attached hydrogens (tertiary/aromatic N) is 1. The number of hydrogen-bond acceptors (Lipinski definition) is 6. The van der Waals surface area contributed by atoms with Gasteiger partial charge in [0.05, 0.1) is 16.8 Å². The van der Waals surface area contributed by atoms with Crippen molar-refractivity contribution in [3.05, 3.63) is 76.7 Å². The molecular formula is C23H24N2O5. The number of anilines is 1. The van der Waals surface area contributed by atoms with Crippen LogP contribution in [0.5, 0.6) is 5.75 Å². The summed E-state index contributed by atoms with van der Waals surface area (Å²) in [4.78, 5) is 24.3. The fourth-order valence-electron chi connectivity index (χ4n) is 2.90. The van der Waals surface area contributed by atoms with E-state index in [1.54, 1.807) is 24.3 Å². The summed E-state index contributed by atoms with van der Waals surface area (Å²) < 4.78 is 15.9. The van der Waals surface area contributed by atoms with Gasteiger partial charge < -0.3 is 19.3 Å². The molecule has 0 unspecified atom stereocenters. The van der Waals surface area contributed by atoms with Gasteiger partial charge in [-0.2, -0.15) is 0 Å². The predicted molar refractivity (Wildman–Crippen MR) is 111 cm³/mol. The van der Waals surface area contributed by atoms with Gasteiger partial charge in [-0.3, -0.25) is 4.79 Å². The summed E-state index contributed by atoms with van der Waals surface area (Å²) in [6.07, 6.45) is 0.793. The Kier molecular flexibility index (Phi) is 6.85. The fourth-order valence-corrected chi connectivity index (χ4v) is 2.90. The number of amides is 1. The molecule has 0 aliphatic carbocycles. The SMILES string of the molecule is CCc1ccccc1NC(=O)COC(=O)c1ccc(OCc2c(C)noc2C)cc1. The van der Waals surface area contributed by atoms with Crippen molar-refractivity contribution in [2.45, 2.75) is 33.8 Å². The van der Waals surface area contributed by atoms with Crippen molar-refractivity contribution in [1.82, 2.24) is 5.16 Å². The van der Waals surface area contributed by atoms with E-state index in [0.29, 0.717) is 23.7 Å². The molecule has 3 aromatic rings. The van der Waals surface area contributed by atoms with Crippen molar-refractivity contribution in [2.24, 2.45) is 0 Å². The molecule has 0 aliphatic rings. The number of aromatic nitrogens is 1. The van der Waals surface area contributed by atoms with Gasteiger partial charge >= 0.3 is 5.97 Å².